The Labute approximate surface area is 155 Å². The van der Waals surface area contributed by atoms with Crippen LogP contribution in [0.3, 0.4) is 0 Å². The highest BCUT2D eigenvalue weighted by Gasteiger charge is 2.42. The smallest absolute Gasteiger partial charge is 0.410 e. The average Bonchev–Trinajstić information content (AvgIpc) is 2.80. The molecular formula is C18H32N4O2S. The third-order valence-electron chi connectivity index (χ3n) is 4.52. The van der Waals surface area contributed by atoms with Crippen LogP contribution in [0.2, 0.25) is 0 Å². The number of carbonyl (C=O) groups excluding carboxylic acids is 1. The molecule has 0 saturated carbocycles. The molecule has 25 heavy (non-hydrogen) atoms. The van der Waals surface area contributed by atoms with Gasteiger partial charge in [-0.3, -0.25) is 10.1 Å². The standard InChI is InChI=1S/C18H32N4O2S/c1-17(2,3)24-16(23)22-12-13(11-18(22,4)5)9-10-20-14-7-6-8-15(21-14)25-19/h8,13H,6-7,9-12,19H2,1-5H3,(H,20,21). The molecular weight excluding hydrogens is 336 g/mol. The van der Waals surface area contributed by atoms with Gasteiger partial charge in [-0.05, 0) is 71.7 Å². The molecule has 1 unspecified atom stereocenters. The van der Waals surface area contributed by atoms with Crippen molar-refractivity contribution in [2.75, 3.05) is 13.1 Å². The lowest BCUT2D eigenvalue weighted by Gasteiger charge is -2.33. The molecule has 2 heterocycles. The van der Waals surface area contributed by atoms with Crippen LogP contribution in [0.25, 0.3) is 0 Å². The van der Waals surface area contributed by atoms with Gasteiger partial charge in [0, 0.05) is 25.0 Å². The lowest BCUT2D eigenvalue weighted by Crippen LogP contribution is -2.45. The van der Waals surface area contributed by atoms with Crippen molar-refractivity contribution in [1.29, 1.82) is 0 Å². The number of hydrogen-bond donors (Lipinski definition) is 2. The van der Waals surface area contributed by atoms with Gasteiger partial charge in [-0.1, -0.05) is 6.08 Å². The molecule has 2 rings (SSSR count). The highest BCUT2D eigenvalue weighted by atomic mass is 32.2. The van der Waals surface area contributed by atoms with Gasteiger partial charge in [0.15, 0.2) is 0 Å². The van der Waals surface area contributed by atoms with Crippen LogP contribution in [-0.4, -0.2) is 41.1 Å². The molecule has 0 aromatic rings. The predicted octanol–water partition coefficient (Wildman–Crippen LogP) is 3.64. The summed E-state index contributed by atoms with van der Waals surface area (Å²) < 4.78 is 5.56. The Morgan fingerprint density at radius 2 is 2.24 bits per heavy atom. The summed E-state index contributed by atoms with van der Waals surface area (Å²) in [6.45, 7) is 11.4. The molecule has 0 spiro atoms. The van der Waals surface area contributed by atoms with Crippen molar-refractivity contribution in [3.8, 4) is 0 Å². The van der Waals surface area contributed by atoms with Gasteiger partial charge >= 0.3 is 6.09 Å². The maximum absolute atomic E-state index is 12.5. The fraction of sp³-hybridized carbons (Fsp3) is 0.778. The summed E-state index contributed by atoms with van der Waals surface area (Å²) in [5.74, 6) is 1.46. The SMILES string of the molecule is CC(C)(C)OC(=O)N1CC(CCN=C2CCC=C(SN)N2)CC1(C)C. The highest BCUT2D eigenvalue weighted by molar-refractivity contribution is 8.00. The third-order valence-corrected chi connectivity index (χ3v) is 5.04. The Morgan fingerprint density at radius 3 is 2.88 bits per heavy atom. The van der Waals surface area contributed by atoms with Crippen LogP contribution in [0.4, 0.5) is 4.79 Å². The van der Waals surface area contributed by atoms with Gasteiger partial charge in [-0.15, -0.1) is 0 Å². The molecule has 1 saturated heterocycles. The minimum absolute atomic E-state index is 0.171. The second kappa shape index (κ2) is 7.99. The predicted molar refractivity (Wildman–Crippen MR) is 104 cm³/mol. The van der Waals surface area contributed by atoms with Crippen LogP contribution in [0, 0.1) is 5.92 Å². The fourth-order valence-electron chi connectivity index (χ4n) is 3.39. The molecule has 0 aromatic carbocycles. The summed E-state index contributed by atoms with van der Waals surface area (Å²) in [4.78, 5) is 19.0. The number of nitrogens with one attached hydrogen (secondary N) is 1. The van der Waals surface area contributed by atoms with E-state index in [2.05, 4.69) is 30.2 Å². The molecule has 0 aliphatic carbocycles. The van der Waals surface area contributed by atoms with E-state index < -0.39 is 5.60 Å². The number of nitrogens with two attached hydrogens (primary N) is 1. The molecule has 6 nitrogen and oxygen atoms in total. The van der Waals surface area contributed by atoms with Crippen molar-refractivity contribution in [1.82, 2.24) is 10.2 Å². The average molecular weight is 369 g/mol. The van der Waals surface area contributed by atoms with Gasteiger partial charge in [0.05, 0.1) is 5.03 Å². The van der Waals surface area contributed by atoms with Crippen molar-refractivity contribution >= 4 is 23.9 Å². The molecule has 142 valence electrons. The first kappa shape index (κ1) is 20.1. The number of allylic oxidation sites excluding steroid dienone is 1. The van der Waals surface area contributed by atoms with E-state index in [1.54, 1.807) is 0 Å². The minimum atomic E-state index is -0.462. The molecule has 0 bridgehead atoms. The Balaban J connectivity index is 1.86. The number of nitrogens with zero attached hydrogens (tertiary/aromatic N) is 2. The zero-order valence-corrected chi connectivity index (χ0v) is 16.9. The lowest BCUT2D eigenvalue weighted by atomic mass is 9.94. The van der Waals surface area contributed by atoms with Gasteiger partial charge in [-0.25, -0.2) is 4.79 Å². The van der Waals surface area contributed by atoms with E-state index >= 15 is 0 Å². The number of ether oxygens (including phenoxy) is 1. The number of amidine groups is 1. The molecule has 1 atom stereocenters. The maximum Gasteiger partial charge on any atom is 0.410 e. The zero-order chi connectivity index (χ0) is 18.7. The van der Waals surface area contributed by atoms with E-state index in [1.807, 2.05) is 25.7 Å². The molecule has 2 aliphatic rings. The topological polar surface area (TPSA) is 80.0 Å². The molecule has 1 fully saturated rings. The first-order chi connectivity index (χ1) is 11.6. The normalized spacial score (nSPS) is 24.9. The van der Waals surface area contributed by atoms with Crippen molar-refractivity contribution < 1.29 is 9.53 Å². The summed E-state index contributed by atoms with van der Waals surface area (Å²) in [6.07, 6.45) is 5.76. The zero-order valence-electron chi connectivity index (χ0n) is 16.1. The van der Waals surface area contributed by atoms with Crippen molar-refractivity contribution in [2.45, 2.75) is 71.4 Å². The first-order valence-corrected chi connectivity index (χ1v) is 9.86. The van der Waals surface area contributed by atoms with Gasteiger partial charge in [0.2, 0.25) is 0 Å². The number of rotatable bonds is 4. The number of carbonyl (C=O) groups is 1. The number of likely N-dealkylation sites (tertiary alicyclic amines) is 1. The summed E-state index contributed by atoms with van der Waals surface area (Å²) in [5, 5.41) is 9.83. The fourth-order valence-corrected chi connectivity index (χ4v) is 3.78. The van der Waals surface area contributed by atoms with Crippen LogP contribution in [0.15, 0.2) is 16.1 Å². The Kier molecular flexibility index (Phi) is 6.43. The van der Waals surface area contributed by atoms with Crippen molar-refractivity contribution in [3.05, 3.63) is 11.1 Å². The van der Waals surface area contributed by atoms with E-state index in [1.165, 1.54) is 11.9 Å². The van der Waals surface area contributed by atoms with Crippen LogP contribution >= 0.6 is 11.9 Å². The molecule has 0 radical (unpaired) electrons. The second-order valence-corrected chi connectivity index (χ2v) is 9.12. The van der Waals surface area contributed by atoms with E-state index in [0.29, 0.717) is 5.92 Å². The lowest BCUT2D eigenvalue weighted by molar-refractivity contribution is 0.0131. The maximum atomic E-state index is 12.5. The molecule has 2 aliphatic heterocycles. The summed E-state index contributed by atoms with van der Waals surface area (Å²) >= 11 is 1.23. The molecule has 1 amide bonds. The number of aliphatic imine (C=N–C) groups is 1. The Bertz CT molecular complexity index is 552. The quantitative estimate of drug-likeness (QED) is 0.741. The number of amides is 1. The third kappa shape index (κ3) is 5.92. The minimum Gasteiger partial charge on any atom is -0.444 e. The van der Waals surface area contributed by atoms with E-state index in [4.69, 9.17) is 9.88 Å². The number of hydrogen-bond acceptors (Lipinski definition) is 5. The second-order valence-electron chi connectivity index (χ2n) is 8.44. The summed E-state index contributed by atoms with van der Waals surface area (Å²) in [6, 6.07) is 0. The van der Waals surface area contributed by atoms with Crippen molar-refractivity contribution in [2.24, 2.45) is 16.0 Å². The summed E-state index contributed by atoms with van der Waals surface area (Å²) in [5.41, 5.74) is -0.634. The largest absolute Gasteiger partial charge is 0.444 e. The van der Waals surface area contributed by atoms with Crippen molar-refractivity contribution in [3.63, 3.8) is 0 Å². The van der Waals surface area contributed by atoms with Crippen LogP contribution in [0.1, 0.15) is 60.3 Å². The van der Waals surface area contributed by atoms with E-state index in [9.17, 15) is 4.79 Å². The summed E-state index contributed by atoms with van der Waals surface area (Å²) in [7, 11) is 0. The molecule has 7 heteroatoms. The van der Waals surface area contributed by atoms with Gasteiger partial charge in [0.25, 0.3) is 0 Å². The van der Waals surface area contributed by atoms with E-state index in [-0.39, 0.29) is 11.6 Å². The first-order valence-electron chi connectivity index (χ1n) is 8.98. The Hall–Kier alpha value is -1.21. The van der Waals surface area contributed by atoms with Gasteiger partial charge < -0.3 is 15.0 Å². The van der Waals surface area contributed by atoms with E-state index in [0.717, 1.165) is 49.6 Å². The van der Waals surface area contributed by atoms with Crippen LogP contribution in [0.5, 0.6) is 0 Å². The van der Waals surface area contributed by atoms with Crippen LogP contribution < -0.4 is 10.5 Å². The highest BCUT2D eigenvalue weighted by Crippen LogP contribution is 2.35. The molecule has 3 N–H and O–H groups in total. The molecule has 0 aromatic heterocycles. The van der Waals surface area contributed by atoms with Crippen LogP contribution in [-0.2, 0) is 4.74 Å². The van der Waals surface area contributed by atoms with Gasteiger partial charge in [0.1, 0.15) is 11.4 Å². The van der Waals surface area contributed by atoms with Gasteiger partial charge in [-0.2, -0.15) is 0 Å². The monoisotopic (exact) mass is 368 g/mol. The Morgan fingerprint density at radius 1 is 1.52 bits per heavy atom.